The number of amides is 1. The van der Waals surface area contributed by atoms with Crippen LogP contribution in [0.4, 0.5) is 0 Å². The largest absolute Gasteiger partial charge is 0.507 e. The van der Waals surface area contributed by atoms with Gasteiger partial charge in [-0.3, -0.25) is 9.59 Å². The Morgan fingerprint density at radius 1 is 1.00 bits per heavy atom. The summed E-state index contributed by atoms with van der Waals surface area (Å²) in [5, 5.41) is 11.4. The standard InChI is InChI=1S/C27H33NO8/c1-7-35-22-14-17(8-10-21(22)36-16(2)3)24-23(26(30)27(31)28(24)12-13-32-4)25(29)19-15-18(33-5)9-11-20(19)34-6/h8-11,14-16,24,29H,7,12-13H2,1-6H3/b25-23+. The minimum Gasteiger partial charge on any atom is -0.507 e. The second-order valence-corrected chi connectivity index (χ2v) is 8.36. The zero-order chi connectivity index (χ0) is 26.4. The van der Waals surface area contributed by atoms with Gasteiger partial charge >= 0.3 is 0 Å². The molecular weight excluding hydrogens is 466 g/mol. The highest BCUT2D eigenvalue weighted by Crippen LogP contribution is 2.43. The van der Waals surface area contributed by atoms with Gasteiger partial charge in [-0.2, -0.15) is 0 Å². The number of methoxy groups -OCH3 is 3. The van der Waals surface area contributed by atoms with E-state index in [1.807, 2.05) is 20.8 Å². The Bertz CT molecular complexity index is 1140. The lowest BCUT2D eigenvalue weighted by Crippen LogP contribution is -2.32. The van der Waals surface area contributed by atoms with Crippen LogP contribution < -0.4 is 18.9 Å². The van der Waals surface area contributed by atoms with Crippen LogP contribution >= 0.6 is 0 Å². The summed E-state index contributed by atoms with van der Waals surface area (Å²) in [6.45, 7) is 6.41. The molecule has 2 aromatic rings. The summed E-state index contributed by atoms with van der Waals surface area (Å²) in [4.78, 5) is 27.8. The van der Waals surface area contributed by atoms with E-state index in [1.165, 1.54) is 26.2 Å². The molecular formula is C27H33NO8. The van der Waals surface area contributed by atoms with E-state index in [-0.39, 0.29) is 36.2 Å². The molecule has 1 N–H and O–H groups in total. The van der Waals surface area contributed by atoms with Crippen molar-refractivity contribution in [3.8, 4) is 23.0 Å². The van der Waals surface area contributed by atoms with Crippen LogP contribution in [0, 0.1) is 0 Å². The summed E-state index contributed by atoms with van der Waals surface area (Å²) in [5.41, 5.74) is 0.743. The molecule has 0 radical (unpaired) electrons. The van der Waals surface area contributed by atoms with Crippen LogP contribution in [0.1, 0.15) is 37.9 Å². The first-order chi connectivity index (χ1) is 17.3. The number of carbonyl (C=O) groups excluding carboxylic acids is 2. The highest BCUT2D eigenvalue weighted by Gasteiger charge is 2.46. The zero-order valence-electron chi connectivity index (χ0n) is 21.5. The van der Waals surface area contributed by atoms with Gasteiger partial charge in [0, 0.05) is 13.7 Å². The van der Waals surface area contributed by atoms with E-state index < -0.39 is 17.7 Å². The molecule has 1 aliphatic rings. The van der Waals surface area contributed by atoms with Gasteiger partial charge in [-0.25, -0.2) is 0 Å². The first-order valence-corrected chi connectivity index (χ1v) is 11.7. The molecule has 0 saturated carbocycles. The highest BCUT2D eigenvalue weighted by molar-refractivity contribution is 6.46. The van der Waals surface area contributed by atoms with Gasteiger partial charge in [-0.1, -0.05) is 6.07 Å². The van der Waals surface area contributed by atoms with Gasteiger partial charge in [0.1, 0.15) is 17.3 Å². The zero-order valence-corrected chi connectivity index (χ0v) is 21.5. The predicted molar refractivity (Wildman–Crippen MR) is 134 cm³/mol. The monoisotopic (exact) mass is 499 g/mol. The van der Waals surface area contributed by atoms with Gasteiger partial charge in [0.2, 0.25) is 0 Å². The number of Topliss-reactive ketones (excluding diaryl/α,β-unsaturated/α-hetero) is 1. The van der Waals surface area contributed by atoms with Gasteiger partial charge in [0.05, 0.1) is 50.7 Å². The van der Waals surface area contributed by atoms with E-state index in [0.29, 0.717) is 35.2 Å². The number of aliphatic hydroxyl groups is 1. The van der Waals surface area contributed by atoms with Crippen LogP contribution in [0.5, 0.6) is 23.0 Å². The van der Waals surface area contributed by atoms with Crippen LogP contribution in [-0.2, 0) is 14.3 Å². The number of nitrogens with zero attached hydrogens (tertiary/aromatic N) is 1. The van der Waals surface area contributed by atoms with Crippen molar-refractivity contribution < 1.29 is 38.4 Å². The number of hydrogen-bond donors (Lipinski definition) is 1. The summed E-state index contributed by atoms with van der Waals surface area (Å²) < 4.78 is 27.5. The molecule has 36 heavy (non-hydrogen) atoms. The third-order valence-electron chi connectivity index (χ3n) is 5.68. The van der Waals surface area contributed by atoms with Gasteiger partial charge in [0.25, 0.3) is 11.7 Å². The Balaban J connectivity index is 2.24. The maximum Gasteiger partial charge on any atom is 0.295 e. The Hall–Kier alpha value is -3.72. The van der Waals surface area contributed by atoms with E-state index >= 15 is 0 Å². The lowest BCUT2D eigenvalue weighted by molar-refractivity contribution is -0.140. The Morgan fingerprint density at radius 3 is 2.33 bits per heavy atom. The maximum absolute atomic E-state index is 13.3. The van der Waals surface area contributed by atoms with Crippen LogP contribution in [-0.4, -0.2) is 68.9 Å². The van der Waals surface area contributed by atoms with Crippen molar-refractivity contribution in [2.24, 2.45) is 0 Å². The summed E-state index contributed by atoms with van der Waals surface area (Å²) >= 11 is 0. The van der Waals surface area contributed by atoms with E-state index in [0.717, 1.165) is 0 Å². The number of ketones is 1. The van der Waals surface area contributed by atoms with E-state index in [1.54, 1.807) is 36.4 Å². The fraction of sp³-hybridized carbons (Fsp3) is 0.407. The molecule has 9 heteroatoms. The third kappa shape index (κ3) is 5.41. The number of benzene rings is 2. The smallest absolute Gasteiger partial charge is 0.295 e. The number of carbonyl (C=O) groups is 2. The van der Waals surface area contributed by atoms with Gasteiger partial charge < -0.3 is 33.7 Å². The van der Waals surface area contributed by atoms with E-state index in [4.69, 9.17) is 23.7 Å². The van der Waals surface area contributed by atoms with Crippen LogP contribution in [0.3, 0.4) is 0 Å². The number of hydrogen-bond acceptors (Lipinski definition) is 8. The highest BCUT2D eigenvalue weighted by atomic mass is 16.5. The number of aliphatic hydroxyl groups excluding tert-OH is 1. The first-order valence-electron chi connectivity index (χ1n) is 11.7. The fourth-order valence-corrected chi connectivity index (χ4v) is 4.11. The van der Waals surface area contributed by atoms with Crippen molar-refractivity contribution in [3.05, 3.63) is 53.1 Å². The lowest BCUT2D eigenvalue weighted by Gasteiger charge is -2.26. The Kier molecular flexibility index (Phi) is 8.82. The summed E-state index contributed by atoms with van der Waals surface area (Å²) in [7, 11) is 4.46. The van der Waals surface area contributed by atoms with Crippen molar-refractivity contribution in [3.63, 3.8) is 0 Å². The maximum atomic E-state index is 13.3. The molecule has 0 bridgehead atoms. The van der Waals surface area contributed by atoms with Crippen molar-refractivity contribution >= 4 is 17.4 Å². The molecule has 9 nitrogen and oxygen atoms in total. The van der Waals surface area contributed by atoms with Crippen LogP contribution in [0.2, 0.25) is 0 Å². The SMILES string of the molecule is CCOc1cc(C2/C(=C(\O)c3cc(OC)ccc3OC)C(=O)C(=O)N2CCOC)ccc1OC(C)C. The van der Waals surface area contributed by atoms with E-state index in [2.05, 4.69) is 0 Å². The number of likely N-dealkylation sites (tertiary alicyclic amines) is 1. The molecule has 1 amide bonds. The molecule has 0 aliphatic carbocycles. The van der Waals surface area contributed by atoms with Gasteiger partial charge in [-0.15, -0.1) is 0 Å². The van der Waals surface area contributed by atoms with Gasteiger partial charge in [0.15, 0.2) is 11.5 Å². The molecule has 1 saturated heterocycles. The summed E-state index contributed by atoms with van der Waals surface area (Å²) in [5.74, 6) is -0.115. The molecule has 1 atom stereocenters. The summed E-state index contributed by atoms with van der Waals surface area (Å²) in [6.07, 6.45) is -0.0806. The minimum atomic E-state index is -0.886. The van der Waals surface area contributed by atoms with Gasteiger partial charge in [-0.05, 0) is 56.7 Å². The van der Waals surface area contributed by atoms with Crippen LogP contribution in [0.25, 0.3) is 5.76 Å². The molecule has 2 aromatic carbocycles. The third-order valence-corrected chi connectivity index (χ3v) is 5.68. The minimum absolute atomic E-state index is 0.0670. The van der Waals surface area contributed by atoms with E-state index in [9.17, 15) is 14.7 Å². The molecule has 0 aromatic heterocycles. The Morgan fingerprint density at radius 2 is 1.72 bits per heavy atom. The molecule has 0 spiro atoms. The molecule has 3 rings (SSSR count). The average Bonchev–Trinajstić information content (AvgIpc) is 3.12. The topological polar surface area (TPSA) is 104 Å². The second-order valence-electron chi connectivity index (χ2n) is 8.36. The molecule has 194 valence electrons. The molecule has 1 aliphatic heterocycles. The number of ether oxygens (including phenoxy) is 5. The quantitative estimate of drug-likeness (QED) is 0.282. The second kappa shape index (κ2) is 11.8. The Labute approximate surface area is 211 Å². The molecule has 1 fully saturated rings. The molecule has 1 unspecified atom stereocenters. The van der Waals surface area contributed by atoms with Crippen LogP contribution in [0.15, 0.2) is 42.0 Å². The fourth-order valence-electron chi connectivity index (χ4n) is 4.11. The lowest BCUT2D eigenvalue weighted by atomic mass is 9.94. The molecule has 1 heterocycles. The normalized spacial score (nSPS) is 17.0. The predicted octanol–water partition coefficient (Wildman–Crippen LogP) is 3.96. The van der Waals surface area contributed by atoms with Crippen molar-refractivity contribution in [1.29, 1.82) is 0 Å². The number of rotatable bonds is 11. The van der Waals surface area contributed by atoms with Crippen molar-refractivity contribution in [2.45, 2.75) is 32.9 Å². The first kappa shape index (κ1) is 26.9. The average molecular weight is 500 g/mol. The van der Waals surface area contributed by atoms with Crippen molar-refractivity contribution in [1.82, 2.24) is 4.90 Å². The van der Waals surface area contributed by atoms with Crippen molar-refractivity contribution in [2.75, 3.05) is 41.1 Å². The summed E-state index contributed by atoms with van der Waals surface area (Å²) in [6, 6.07) is 9.19.